The molecule has 2 unspecified atom stereocenters. The van der Waals surface area contributed by atoms with Gasteiger partial charge < -0.3 is 15.4 Å². The van der Waals surface area contributed by atoms with Crippen LogP contribution in [0.4, 0.5) is 4.39 Å². The van der Waals surface area contributed by atoms with Crippen molar-refractivity contribution in [2.24, 2.45) is 4.99 Å². The summed E-state index contributed by atoms with van der Waals surface area (Å²) >= 11 is 0. The van der Waals surface area contributed by atoms with Crippen LogP contribution in [0.1, 0.15) is 24.0 Å². The predicted octanol–water partition coefficient (Wildman–Crippen LogP) is 1.70. The highest BCUT2D eigenvalue weighted by Crippen LogP contribution is 2.22. The number of aryl methyl sites for hydroxylation is 1. The van der Waals surface area contributed by atoms with Crippen molar-refractivity contribution in [3.63, 3.8) is 0 Å². The standard InChI is InChI=1S/C19H29FN4O/c1-14-10-16(20)6-5-15(14)7-8-22-19(21-2)23-11-18-12-24-9-3-4-17(24)13-25-18/h5-6,10,17-18H,3-4,7-9,11-13H2,1-2H3,(H2,21,22,23). The van der Waals surface area contributed by atoms with Crippen LogP contribution in [0.25, 0.3) is 0 Å². The molecule has 2 heterocycles. The van der Waals surface area contributed by atoms with Crippen LogP contribution in [0.15, 0.2) is 23.2 Å². The molecule has 5 nitrogen and oxygen atoms in total. The molecule has 138 valence electrons. The molecule has 1 aromatic rings. The number of aliphatic imine (C=N–C) groups is 1. The first kappa shape index (κ1) is 18.1. The molecule has 0 radical (unpaired) electrons. The van der Waals surface area contributed by atoms with Gasteiger partial charge in [0.25, 0.3) is 0 Å². The van der Waals surface area contributed by atoms with Gasteiger partial charge in [0.1, 0.15) is 5.82 Å². The van der Waals surface area contributed by atoms with Gasteiger partial charge in [-0.05, 0) is 56.0 Å². The maximum Gasteiger partial charge on any atom is 0.191 e. The SMILES string of the molecule is CN=C(NCCc1ccc(F)cc1C)NCC1CN2CCCC2CO1. The number of guanidine groups is 1. The summed E-state index contributed by atoms with van der Waals surface area (Å²) in [6, 6.07) is 5.58. The van der Waals surface area contributed by atoms with Gasteiger partial charge in [-0.15, -0.1) is 0 Å². The lowest BCUT2D eigenvalue weighted by Crippen LogP contribution is -2.51. The molecule has 0 aliphatic carbocycles. The second-order valence-electron chi connectivity index (χ2n) is 6.95. The molecule has 2 aliphatic rings. The van der Waals surface area contributed by atoms with E-state index in [0.717, 1.165) is 49.7 Å². The number of fused-ring (bicyclic) bond motifs is 1. The molecule has 1 aromatic carbocycles. The number of ether oxygens (including phenoxy) is 1. The summed E-state index contributed by atoms with van der Waals surface area (Å²) in [5.74, 6) is 0.603. The van der Waals surface area contributed by atoms with E-state index >= 15 is 0 Å². The number of hydrogen-bond acceptors (Lipinski definition) is 3. The highest BCUT2D eigenvalue weighted by atomic mass is 19.1. The van der Waals surface area contributed by atoms with Crippen molar-refractivity contribution in [1.29, 1.82) is 0 Å². The molecule has 0 spiro atoms. The van der Waals surface area contributed by atoms with E-state index in [1.54, 1.807) is 13.1 Å². The topological polar surface area (TPSA) is 48.9 Å². The summed E-state index contributed by atoms with van der Waals surface area (Å²) in [6.45, 7) is 6.52. The van der Waals surface area contributed by atoms with Gasteiger partial charge in [-0.3, -0.25) is 9.89 Å². The van der Waals surface area contributed by atoms with E-state index < -0.39 is 0 Å². The number of halogens is 1. The number of benzene rings is 1. The highest BCUT2D eigenvalue weighted by molar-refractivity contribution is 5.79. The fourth-order valence-electron chi connectivity index (χ4n) is 3.70. The van der Waals surface area contributed by atoms with E-state index in [2.05, 4.69) is 20.5 Å². The summed E-state index contributed by atoms with van der Waals surface area (Å²) in [4.78, 5) is 6.82. The van der Waals surface area contributed by atoms with E-state index in [9.17, 15) is 4.39 Å². The smallest absolute Gasteiger partial charge is 0.191 e. The number of hydrogen-bond donors (Lipinski definition) is 2. The third-order valence-electron chi connectivity index (χ3n) is 5.17. The van der Waals surface area contributed by atoms with Gasteiger partial charge >= 0.3 is 0 Å². The molecular formula is C19H29FN4O. The van der Waals surface area contributed by atoms with Crippen molar-refractivity contribution in [2.45, 2.75) is 38.3 Å². The van der Waals surface area contributed by atoms with Crippen LogP contribution >= 0.6 is 0 Å². The van der Waals surface area contributed by atoms with Gasteiger partial charge in [-0.25, -0.2) is 4.39 Å². The number of morpholine rings is 1. The monoisotopic (exact) mass is 348 g/mol. The Kier molecular flexibility index (Phi) is 6.26. The second-order valence-corrected chi connectivity index (χ2v) is 6.95. The zero-order valence-electron chi connectivity index (χ0n) is 15.2. The lowest BCUT2D eigenvalue weighted by molar-refractivity contribution is -0.0453. The lowest BCUT2D eigenvalue weighted by Gasteiger charge is -2.35. The van der Waals surface area contributed by atoms with Crippen LogP contribution in [0.5, 0.6) is 0 Å². The lowest BCUT2D eigenvalue weighted by atomic mass is 10.1. The number of rotatable bonds is 5. The quantitative estimate of drug-likeness (QED) is 0.628. The zero-order chi connectivity index (χ0) is 17.6. The van der Waals surface area contributed by atoms with Gasteiger partial charge in [0.2, 0.25) is 0 Å². The van der Waals surface area contributed by atoms with Crippen LogP contribution in [-0.4, -0.2) is 62.8 Å². The summed E-state index contributed by atoms with van der Waals surface area (Å²) in [7, 11) is 1.77. The first-order valence-electron chi connectivity index (χ1n) is 9.21. The van der Waals surface area contributed by atoms with Crippen molar-refractivity contribution in [3.05, 3.63) is 35.1 Å². The Balaban J connectivity index is 1.39. The molecule has 3 rings (SSSR count). The zero-order valence-corrected chi connectivity index (χ0v) is 15.2. The van der Waals surface area contributed by atoms with Crippen LogP contribution in [0, 0.1) is 12.7 Å². The summed E-state index contributed by atoms with van der Waals surface area (Å²) in [6.07, 6.45) is 3.61. The van der Waals surface area contributed by atoms with Crippen molar-refractivity contribution in [3.8, 4) is 0 Å². The Hall–Kier alpha value is -1.66. The molecule has 2 N–H and O–H groups in total. The van der Waals surface area contributed by atoms with Crippen LogP contribution in [0.3, 0.4) is 0 Å². The molecule has 0 amide bonds. The molecule has 0 bridgehead atoms. The first-order chi connectivity index (χ1) is 12.2. The van der Waals surface area contributed by atoms with Gasteiger partial charge in [0.15, 0.2) is 5.96 Å². The molecule has 25 heavy (non-hydrogen) atoms. The average molecular weight is 348 g/mol. The maximum atomic E-state index is 13.2. The van der Waals surface area contributed by atoms with Crippen LogP contribution in [0.2, 0.25) is 0 Å². The van der Waals surface area contributed by atoms with E-state index in [1.807, 2.05) is 13.0 Å². The minimum Gasteiger partial charge on any atom is -0.373 e. The molecule has 2 fully saturated rings. The maximum absolute atomic E-state index is 13.2. The first-order valence-corrected chi connectivity index (χ1v) is 9.21. The van der Waals surface area contributed by atoms with Crippen molar-refractivity contribution in [2.75, 3.05) is 39.8 Å². The minimum atomic E-state index is -0.181. The Morgan fingerprint density at radius 1 is 1.40 bits per heavy atom. The molecule has 2 saturated heterocycles. The summed E-state index contributed by atoms with van der Waals surface area (Å²) in [5.41, 5.74) is 2.14. The molecule has 2 aliphatic heterocycles. The van der Waals surface area contributed by atoms with Gasteiger partial charge in [0, 0.05) is 32.7 Å². The highest BCUT2D eigenvalue weighted by Gasteiger charge is 2.32. The fraction of sp³-hybridized carbons (Fsp3) is 0.632. The van der Waals surface area contributed by atoms with E-state index in [4.69, 9.17) is 4.74 Å². The second kappa shape index (κ2) is 8.63. The Morgan fingerprint density at radius 2 is 2.28 bits per heavy atom. The number of nitrogens with one attached hydrogen (secondary N) is 2. The van der Waals surface area contributed by atoms with E-state index in [1.165, 1.54) is 25.5 Å². The largest absolute Gasteiger partial charge is 0.373 e. The minimum absolute atomic E-state index is 0.181. The van der Waals surface area contributed by atoms with Crippen molar-refractivity contribution >= 4 is 5.96 Å². The van der Waals surface area contributed by atoms with Gasteiger partial charge in [-0.1, -0.05) is 6.07 Å². The Bertz CT molecular complexity index is 607. The molecular weight excluding hydrogens is 319 g/mol. The molecule has 0 aromatic heterocycles. The van der Waals surface area contributed by atoms with Crippen molar-refractivity contribution < 1.29 is 9.13 Å². The summed E-state index contributed by atoms with van der Waals surface area (Å²) in [5, 5.41) is 6.68. The fourth-order valence-corrected chi connectivity index (χ4v) is 3.70. The van der Waals surface area contributed by atoms with Gasteiger partial charge in [0.05, 0.1) is 12.7 Å². The molecule has 6 heteroatoms. The molecule has 0 saturated carbocycles. The van der Waals surface area contributed by atoms with Gasteiger partial charge in [-0.2, -0.15) is 0 Å². The number of nitrogens with zero attached hydrogens (tertiary/aromatic N) is 2. The van der Waals surface area contributed by atoms with E-state index in [-0.39, 0.29) is 11.9 Å². The average Bonchev–Trinajstić information content (AvgIpc) is 3.07. The Labute approximate surface area is 149 Å². The van der Waals surface area contributed by atoms with Crippen molar-refractivity contribution in [1.82, 2.24) is 15.5 Å². The third-order valence-corrected chi connectivity index (χ3v) is 5.17. The normalized spacial score (nSPS) is 24.2. The van der Waals surface area contributed by atoms with E-state index in [0.29, 0.717) is 6.04 Å². The summed E-state index contributed by atoms with van der Waals surface area (Å²) < 4.78 is 19.1. The van der Waals surface area contributed by atoms with Crippen LogP contribution < -0.4 is 10.6 Å². The third kappa shape index (κ3) is 4.92. The Morgan fingerprint density at radius 3 is 3.08 bits per heavy atom. The molecule has 2 atom stereocenters. The predicted molar refractivity (Wildman–Crippen MR) is 98.5 cm³/mol. The van der Waals surface area contributed by atoms with Crippen LogP contribution in [-0.2, 0) is 11.2 Å².